The number of nitrogens with zero attached hydrogens (tertiary/aromatic N) is 2. The Morgan fingerprint density at radius 2 is 2.05 bits per heavy atom. The summed E-state index contributed by atoms with van der Waals surface area (Å²) in [6.45, 7) is 4.46. The van der Waals surface area contributed by atoms with Gasteiger partial charge in [-0.2, -0.15) is 5.10 Å². The molecule has 0 atom stereocenters. The molecule has 0 aliphatic heterocycles. The topological polar surface area (TPSA) is 59.0 Å². The van der Waals surface area contributed by atoms with Crippen LogP contribution in [0.1, 0.15) is 16.8 Å². The van der Waals surface area contributed by atoms with Gasteiger partial charge >= 0.3 is 6.03 Å². The molecule has 2 aromatic rings. The van der Waals surface area contributed by atoms with Crippen LogP contribution in [0.2, 0.25) is 0 Å². The lowest BCUT2D eigenvalue weighted by Gasteiger charge is -2.07. The number of amides is 2. The molecule has 19 heavy (non-hydrogen) atoms. The molecule has 1 aromatic carbocycles. The van der Waals surface area contributed by atoms with E-state index in [9.17, 15) is 4.79 Å². The molecule has 0 bridgehead atoms. The lowest BCUT2D eigenvalue weighted by molar-refractivity contribution is 0.251. The van der Waals surface area contributed by atoms with Gasteiger partial charge in [-0.25, -0.2) is 4.79 Å². The zero-order chi connectivity index (χ0) is 13.8. The number of benzene rings is 1. The molecular formula is C14H18N4O. The Morgan fingerprint density at radius 3 is 2.68 bits per heavy atom. The zero-order valence-electron chi connectivity index (χ0n) is 11.4. The number of carbonyl (C=O) groups is 1. The second-order valence-corrected chi connectivity index (χ2v) is 4.53. The molecule has 100 valence electrons. The first-order chi connectivity index (χ1) is 9.06. The summed E-state index contributed by atoms with van der Waals surface area (Å²) in [5.41, 5.74) is 3.26. The molecule has 0 unspecified atom stereocenters. The summed E-state index contributed by atoms with van der Waals surface area (Å²) in [7, 11) is 1.84. The molecule has 0 aliphatic carbocycles. The monoisotopic (exact) mass is 258 g/mol. The fourth-order valence-electron chi connectivity index (χ4n) is 1.77. The highest BCUT2D eigenvalue weighted by Gasteiger charge is 2.06. The first-order valence-corrected chi connectivity index (χ1v) is 6.16. The number of hydrogen-bond donors (Lipinski definition) is 2. The highest BCUT2D eigenvalue weighted by atomic mass is 16.2. The summed E-state index contributed by atoms with van der Waals surface area (Å²) < 4.78 is 1.72. The summed E-state index contributed by atoms with van der Waals surface area (Å²) in [5, 5.41) is 9.70. The van der Waals surface area contributed by atoms with Gasteiger partial charge in [0.1, 0.15) is 0 Å². The number of hydrogen-bond acceptors (Lipinski definition) is 2. The number of rotatable bonds is 3. The van der Waals surface area contributed by atoms with Crippen LogP contribution in [-0.4, -0.2) is 15.8 Å². The SMILES string of the molecule is Cc1ccccc1CNC(=O)Nc1cc(C)n(C)n1. The van der Waals surface area contributed by atoms with Gasteiger partial charge in [-0.1, -0.05) is 24.3 Å². The van der Waals surface area contributed by atoms with E-state index in [2.05, 4.69) is 15.7 Å². The van der Waals surface area contributed by atoms with Crippen LogP contribution in [0.3, 0.4) is 0 Å². The number of carbonyl (C=O) groups excluding carboxylic acids is 1. The molecule has 0 fully saturated rings. The van der Waals surface area contributed by atoms with Crippen LogP contribution < -0.4 is 10.6 Å². The minimum Gasteiger partial charge on any atom is -0.334 e. The van der Waals surface area contributed by atoms with E-state index in [1.54, 1.807) is 4.68 Å². The van der Waals surface area contributed by atoms with Crippen molar-refractivity contribution in [2.75, 3.05) is 5.32 Å². The smallest absolute Gasteiger partial charge is 0.320 e. The van der Waals surface area contributed by atoms with Gasteiger partial charge in [0.2, 0.25) is 0 Å². The molecule has 0 saturated heterocycles. The highest BCUT2D eigenvalue weighted by molar-refractivity contribution is 5.88. The van der Waals surface area contributed by atoms with Crippen molar-refractivity contribution in [1.82, 2.24) is 15.1 Å². The Kier molecular flexibility index (Phi) is 3.85. The van der Waals surface area contributed by atoms with Crippen LogP contribution in [0.25, 0.3) is 0 Å². The van der Waals surface area contributed by atoms with Crippen LogP contribution >= 0.6 is 0 Å². The second kappa shape index (κ2) is 5.56. The van der Waals surface area contributed by atoms with E-state index in [4.69, 9.17) is 0 Å². The minimum atomic E-state index is -0.249. The van der Waals surface area contributed by atoms with E-state index >= 15 is 0 Å². The first kappa shape index (κ1) is 13.1. The van der Waals surface area contributed by atoms with Crippen molar-refractivity contribution in [3.05, 3.63) is 47.2 Å². The second-order valence-electron chi connectivity index (χ2n) is 4.53. The van der Waals surface area contributed by atoms with E-state index in [1.165, 1.54) is 0 Å². The number of aromatic nitrogens is 2. The summed E-state index contributed by atoms with van der Waals surface area (Å²) in [6, 6.07) is 9.55. The van der Waals surface area contributed by atoms with E-state index < -0.39 is 0 Å². The number of anilines is 1. The fourth-order valence-corrected chi connectivity index (χ4v) is 1.77. The van der Waals surface area contributed by atoms with Gasteiger partial charge in [0.15, 0.2) is 5.82 Å². The molecule has 5 heteroatoms. The Balaban J connectivity index is 1.90. The molecular weight excluding hydrogens is 240 g/mol. The predicted molar refractivity (Wildman–Crippen MR) is 75.0 cm³/mol. The molecule has 0 radical (unpaired) electrons. The highest BCUT2D eigenvalue weighted by Crippen LogP contribution is 2.08. The quantitative estimate of drug-likeness (QED) is 0.888. The molecule has 5 nitrogen and oxygen atoms in total. The van der Waals surface area contributed by atoms with Crippen molar-refractivity contribution in [2.24, 2.45) is 7.05 Å². The van der Waals surface area contributed by atoms with Gasteiger partial charge in [0.05, 0.1) is 0 Å². The zero-order valence-corrected chi connectivity index (χ0v) is 11.4. The molecule has 0 spiro atoms. The summed E-state index contributed by atoms with van der Waals surface area (Å²) in [5.74, 6) is 0.558. The van der Waals surface area contributed by atoms with Gasteiger partial charge in [0, 0.05) is 25.4 Å². The first-order valence-electron chi connectivity index (χ1n) is 6.16. The Labute approximate surface area is 112 Å². The van der Waals surface area contributed by atoms with Gasteiger partial charge in [-0.3, -0.25) is 10.00 Å². The summed E-state index contributed by atoms with van der Waals surface area (Å²) in [6.07, 6.45) is 0. The third-order valence-corrected chi connectivity index (χ3v) is 3.06. The molecule has 2 amide bonds. The van der Waals surface area contributed by atoms with Crippen LogP contribution in [0.4, 0.5) is 10.6 Å². The van der Waals surface area contributed by atoms with E-state index in [0.29, 0.717) is 12.4 Å². The van der Waals surface area contributed by atoms with E-state index in [-0.39, 0.29) is 6.03 Å². The summed E-state index contributed by atoms with van der Waals surface area (Å²) in [4.78, 5) is 11.7. The Morgan fingerprint density at radius 1 is 1.32 bits per heavy atom. The largest absolute Gasteiger partial charge is 0.334 e. The van der Waals surface area contributed by atoms with Crippen molar-refractivity contribution in [1.29, 1.82) is 0 Å². The average Bonchev–Trinajstić information content (AvgIpc) is 2.67. The van der Waals surface area contributed by atoms with E-state index in [1.807, 2.05) is 51.2 Å². The maximum absolute atomic E-state index is 11.7. The maximum atomic E-state index is 11.7. The third kappa shape index (κ3) is 3.34. The van der Waals surface area contributed by atoms with Gasteiger partial charge in [-0.05, 0) is 25.0 Å². The van der Waals surface area contributed by atoms with Crippen molar-refractivity contribution in [3.8, 4) is 0 Å². The lowest BCUT2D eigenvalue weighted by Crippen LogP contribution is -2.28. The molecule has 1 aromatic heterocycles. The number of nitrogens with one attached hydrogen (secondary N) is 2. The Hall–Kier alpha value is -2.30. The average molecular weight is 258 g/mol. The molecule has 2 rings (SSSR count). The number of aryl methyl sites for hydroxylation is 3. The Bertz CT molecular complexity index is 569. The van der Waals surface area contributed by atoms with Crippen molar-refractivity contribution >= 4 is 11.8 Å². The minimum absolute atomic E-state index is 0.249. The van der Waals surface area contributed by atoms with E-state index in [0.717, 1.165) is 16.8 Å². The molecule has 0 saturated carbocycles. The van der Waals surface area contributed by atoms with Crippen molar-refractivity contribution < 1.29 is 4.79 Å². The van der Waals surface area contributed by atoms with Gasteiger partial charge < -0.3 is 5.32 Å². The molecule has 2 N–H and O–H groups in total. The summed E-state index contributed by atoms with van der Waals surface area (Å²) >= 11 is 0. The van der Waals surface area contributed by atoms with Crippen molar-refractivity contribution in [2.45, 2.75) is 20.4 Å². The maximum Gasteiger partial charge on any atom is 0.320 e. The van der Waals surface area contributed by atoms with Gasteiger partial charge in [0.25, 0.3) is 0 Å². The normalized spacial score (nSPS) is 10.3. The third-order valence-electron chi connectivity index (χ3n) is 3.06. The lowest BCUT2D eigenvalue weighted by atomic mass is 10.1. The number of urea groups is 1. The molecule has 0 aliphatic rings. The van der Waals surface area contributed by atoms with Gasteiger partial charge in [-0.15, -0.1) is 0 Å². The van der Waals surface area contributed by atoms with Crippen LogP contribution in [0, 0.1) is 13.8 Å². The molecule has 1 heterocycles. The standard InChI is InChI=1S/C14H18N4O/c1-10-6-4-5-7-12(10)9-15-14(19)16-13-8-11(2)18(3)17-13/h4-8H,9H2,1-3H3,(H2,15,16,17,19). The predicted octanol–water partition coefficient (Wildman–Crippen LogP) is 2.36. The van der Waals surface area contributed by atoms with Crippen LogP contribution in [-0.2, 0) is 13.6 Å². The van der Waals surface area contributed by atoms with Crippen LogP contribution in [0.5, 0.6) is 0 Å². The van der Waals surface area contributed by atoms with Crippen LogP contribution in [0.15, 0.2) is 30.3 Å². The van der Waals surface area contributed by atoms with Crippen molar-refractivity contribution in [3.63, 3.8) is 0 Å². The fraction of sp³-hybridized carbons (Fsp3) is 0.286.